The van der Waals surface area contributed by atoms with Gasteiger partial charge in [-0.1, -0.05) is 29.5 Å². The predicted molar refractivity (Wildman–Crippen MR) is 109 cm³/mol. The first-order chi connectivity index (χ1) is 14.2. The van der Waals surface area contributed by atoms with Crippen LogP contribution in [0.2, 0.25) is 0 Å². The fourth-order valence-corrected chi connectivity index (χ4v) is 3.24. The Hall–Kier alpha value is -3.07. The van der Waals surface area contributed by atoms with Crippen molar-refractivity contribution in [3.8, 4) is 17.0 Å². The minimum absolute atomic E-state index is 0.0816. The highest BCUT2D eigenvalue weighted by molar-refractivity contribution is 7.99. The number of ether oxygens (including phenoxy) is 1. The highest BCUT2D eigenvalue weighted by Gasteiger charge is 2.30. The largest absolute Gasteiger partial charge is 0.573 e. The van der Waals surface area contributed by atoms with Gasteiger partial charge in [0.15, 0.2) is 0 Å². The van der Waals surface area contributed by atoms with Gasteiger partial charge < -0.3 is 10.1 Å². The standard InChI is InChI=1S/C21H18F3N3O2S/c1-13-3-4-14(2)17(11-13)18-9-10-20(27-26-18)30-12-19(28)25-15-5-7-16(8-6-15)29-21(22,23)24/h3-11H,12H2,1-2H3,(H,25,28). The molecule has 1 N–H and O–H groups in total. The first kappa shape index (κ1) is 21.6. The predicted octanol–water partition coefficient (Wildman–Crippen LogP) is 5.39. The second kappa shape index (κ2) is 9.17. The summed E-state index contributed by atoms with van der Waals surface area (Å²) in [6.45, 7) is 4.02. The fourth-order valence-electron chi connectivity index (χ4n) is 2.63. The van der Waals surface area contributed by atoms with Crippen LogP contribution < -0.4 is 10.1 Å². The summed E-state index contributed by atoms with van der Waals surface area (Å²) in [6, 6.07) is 14.7. The van der Waals surface area contributed by atoms with Gasteiger partial charge in [0.25, 0.3) is 0 Å². The molecule has 30 heavy (non-hydrogen) atoms. The average Bonchev–Trinajstić information content (AvgIpc) is 2.69. The summed E-state index contributed by atoms with van der Waals surface area (Å²) in [5.41, 5.74) is 4.36. The summed E-state index contributed by atoms with van der Waals surface area (Å²) in [6.07, 6.45) is -4.75. The molecule has 0 unspecified atom stereocenters. The number of hydrogen-bond acceptors (Lipinski definition) is 5. The van der Waals surface area contributed by atoms with Crippen LogP contribution in [-0.2, 0) is 4.79 Å². The van der Waals surface area contributed by atoms with Gasteiger partial charge in [-0.2, -0.15) is 0 Å². The van der Waals surface area contributed by atoms with Crippen molar-refractivity contribution in [3.05, 3.63) is 65.7 Å². The molecule has 0 atom stereocenters. The van der Waals surface area contributed by atoms with Crippen molar-refractivity contribution in [3.63, 3.8) is 0 Å². The molecule has 156 valence electrons. The summed E-state index contributed by atoms with van der Waals surface area (Å²) in [5.74, 6) is -0.586. The molecule has 3 aromatic rings. The van der Waals surface area contributed by atoms with Crippen LogP contribution in [0.4, 0.5) is 18.9 Å². The van der Waals surface area contributed by atoms with E-state index in [0.29, 0.717) is 10.7 Å². The maximum absolute atomic E-state index is 12.2. The molecule has 3 rings (SSSR count). The van der Waals surface area contributed by atoms with Crippen molar-refractivity contribution in [1.82, 2.24) is 10.2 Å². The van der Waals surface area contributed by atoms with Crippen molar-refractivity contribution in [1.29, 1.82) is 0 Å². The van der Waals surface area contributed by atoms with E-state index in [2.05, 4.69) is 20.3 Å². The van der Waals surface area contributed by atoms with Crippen LogP contribution in [0.3, 0.4) is 0 Å². The molecule has 0 saturated carbocycles. The van der Waals surface area contributed by atoms with Crippen molar-refractivity contribution in [2.45, 2.75) is 25.2 Å². The lowest BCUT2D eigenvalue weighted by atomic mass is 10.0. The number of amides is 1. The number of nitrogens with one attached hydrogen (secondary N) is 1. The van der Waals surface area contributed by atoms with Crippen LogP contribution >= 0.6 is 11.8 Å². The Bertz CT molecular complexity index is 1020. The van der Waals surface area contributed by atoms with Gasteiger partial charge in [0.1, 0.15) is 10.8 Å². The number of thioether (sulfide) groups is 1. The number of benzene rings is 2. The maximum Gasteiger partial charge on any atom is 0.573 e. The van der Waals surface area contributed by atoms with E-state index in [0.717, 1.165) is 34.5 Å². The number of rotatable bonds is 6. The third-order valence-electron chi connectivity index (χ3n) is 4.03. The zero-order valence-electron chi connectivity index (χ0n) is 16.2. The number of aromatic nitrogens is 2. The SMILES string of the molecule is Cc1ccc(C)c(-c2ccc(SCC(=O)Nc3ccc(OC(F)(F)F)cc3)nn2)c1. The fraction of sp³-hybridized carbons (Fsp3) is 0.190. The summed E-state index contributed by atoms with van der Waals surface area (Å²) >= 11 is 1.21. The van der Waals surface area contributed by atoms with E-state index in [1.54, 1.807) is 6.07 Å². The van der Waals surface area contributed by atoms with Gasteiger partial charge in [-0.3, -0.25) is 4.79 Å². The van der Waals surface area contributed by atoms with Gasteiger partial charge in [-0.25, -0.2) is 0 Å². The molecule has 0 bridgehead atoms. The molecule has 1 aromatic heterocycles. The third kappa shape index (κ3) is 6.21. The summed E-state index contributed by atoms with van der Waals surface area (Å²) in [5, 5.41) is 11.6. The number of halogens is 3. The molecule has 0 aliphatic carbocycles. The second-order valence-electron chi connectivity index (χ2n) is 6.48. The molecule has 0 spiro atoms. The lowest BCUT2D eigenvalue weighted by molar-refractivity contribution is -0.274. The van der Waals surface area contributed by atoms with Gasteiger partial charge >= 0.3 is 6.36 Å². The zero-order valence-corrected chi connectivity index (χ0v) is 17.0. The topological polar surface area (TPSA) is 64.1 Å². The number of aryl methyl sites for hydroxylation is 2. The number of hydrogen-bond donors (Lipinski definition) is 1. The smallest absolute Gasteiger partial charge is 0.406 e. The normalized spacial score (nSPS) is 11.2. The Balaban J connectivity index is 1.54. The van der Waals surface area contributed by atoms with E-state index in [1.165, 1.54) is 23.9 Å². The van der Waals surface area contributed by atoms with Crippen molar-refractivity contribution < 1.29 is 22.7 Å². The molecule has 0 aliphatic rings. The number of anilines is 1. The molecule has 5 nitrogen and oxygen atoms in total. The monoisotopic (exact) mass is 433 g/mol. The Labute approximate surface area is 175 Å². The van der Waals surface area contributed by atoms with E-state index in [4.69, 9.17) is 0 Å². The number of carbonyl (C=O) groups is 1. The summed E-state index contributed by atoms with van der Waals surface area (Å²) in [7, 11) is 0. The highest BCUT2D eigenvalue weighted by atomic mass is 32.2. The van der Waals surface area contributed by atoms with Gasteiger partial charge in [0.05, 0.1) is 11.4 Å². The summed E-state index contributed by atoms with van der Waals surface area (Å²) in [4.78, 5) is 12.1. The van der Waals surface area contributed by atoms with Crippen molar-refractivity contribution >= 4 is 23.4 Å². The van der Waals surface area contributed by atoms with Crippen LogP contribution in [0.25, 0.3) is 11.3 Å². The Kier molecular flexibility index (Phi) is 6.61. The van der Waals surface area contributed by atoms with Crippen molar-refractivity contribution in [2.24, 2.45) is 0 Å². The zero-order chi connectivity index (χ0) is 21.7. The highest BCUT2D eigenvalue weighted by Crippen LogP contribution is 2.25. The molecule has 1 amide bonds. The van der Waals surface area contributed by atoms with Crippen molar-refractivity contribution in [2.75, 3.05) is 11.1 Å². The van der Waals surface area contributed by atoms with Gasteiger partial charge in [0.2, 0.25) is 5.91 Å². The minimum Gasteiger partial charge on any atom is -0.406 e. The van der Waals surface area contributed by atoms with E-state index < -0.39 is 6.36 Å². The molecule has 9 heteroatoms. The average molecular weight is 433 g/mol. The Morgan fingerprint density at radius 1 is 1.03 bits per heavy atom. The Morgan fingerprint density at radius 2 is 1.77 bits per heavy atom. The Morgan fingerprint density at radius 3 is 2.40 bits per heavy atom. The van der Waals surface area contributed by atoms with Crippen LogP contribution in [-0.4, -0.2) is 28.2 Å². The lowest BCUT2D eigenvalue weighted by Gasteiger charge is -2.10. The first-order valence-electron chi connectivity index (χ1n) is 8.89. The quantitative estimate of drug-likeness (QED) is 0.528. The minimum atomic E-state index is -4.75. The maximum atomic E-state index is 12.2. The lowest BCUT2D eigenvalue weighted by Crippen LogP contribution is -2.17. The molecule has 1 heterocycles. The number of carbonyl (C=O) groups excluding carboxylic acids is 1. The summed E-state index contributed by atoms with van der Waals surface area (Å²) < 4.78 is 40.3. The third-order valence-corrected chi connectivity index (χ3v) is 4.95. The van der Waals surface area contributed by atoms with Crippen LogP contribution in [0, 0.1) is 13.8 Å². The molecule has 2 aromatic carbocycles. The molecule has 0 aliphatic heterocycles. The van der Waals surface area contributed by atoms with Crippen LogP contribution in [0.1, 0.15) is 11.1 Å². The van der Waals surface area contributed by atoms with E-state index >= 15 is 0 Å². The van der Waals surface area contributed by atoms with E-state index in [-0.39, 0.29) is 17.4 Å². The van der Waals surface area contributed by atoms with E-state index in [9.17, 15) is 18.0 Å². The molecule has 0 saturated heterocycles. The molecular formula is C21H18F3N3O2S. The van der Waals surface area contributed by atoms with Gasteiger partial charge in [-0.15, -0.1) is 23.4 Å². The second-order valence-corrected chi connectivity index (χ2v) is 7.48. The first-order valence-corrected chi connectivity index (χ1v) is 9.88. The van der Waals surface area contributed by atoms with E-state index in [1.807, 2.05) is 38.1 Å². The van der Waals surface area contributed by atoms with Gasteiger partial charge in [0, 0.05) is 11.3 Å². The molecular weight excluding hydrogens is 415 g/mol. The molecule has 0 radical (unpaired) electrons. The number of nitrogens with zero attached hydrogens (tertiary/aromatic N) is 2. The number of alkyl halides is 3. The molecule has 0 fully saturated rings. The van der Waals surface area contributed by atoms with Gasteiger partial charge in [-0.05, 0) is 61.9 Å². The van der Waals surface area contributed by atoms with Crippen LogP contribution in [0.15, 0.2) is 59.6 Å². The van der Waals surface area contributed by atoms with Crippen LogP contribution in [0.5, 0.6) is 5.75 Å².